The Morgan fingerprint density at radius 2 is 1.56 bits per heavy atom. The molecule has 21 nitrogen and oxygen atoms in total. The van der Waals surface area contributed by atoms with Crippen LogP contribution >= 0.6 is 0 Å². The first-order valence-electron chi connectivity index (χ1n) is 28.0. The number of esters is 1. The molecule has 2 aromatic carbocycles. The number of aliphatic hydroxyl groups is 5. The normalized spacial score (nSPS) is 37.9. The van der Waals surface area contributed by atoms with E-state index >= 15 is 4.39 Å². The fourth-order valence-corrected chi connectivity index (χ4v) is 12.2. The third-order valence-corrected chi connectivity index (χ3v) is 17.5. The Kier molecular flexibility index (Phi) is 20.4. The Morgan fingerprint density at radius 1 is 0.875 bits per heavy atom. The van der Waals surface area contributed by atoms with Gasteiger partial charge in [-0.1, -0.05) is 57.2 Å². The number of carbonyl (C=O) groups is 3. The molecule has 0 radical (unpaired) electrons. The number of carbonyl (C=O) groups excluding carboxylic acids is 3. The van der Waals surface area contributed by atoms with Gasteiger partial charge in [0.25, 0.3) is 0 Å². The highest BCUT2D eigenvalue weighted by molar-refractivity contribution is 5.90. The highest BCUT2D eigenvalue weighted by Gasteiger charge is 2.54. The van der Waals surface area contributed by atoms with E-state index in [4.69, 9.17) is 37.9 Å². The number of amides is 1. The van der Waals surface area contributed by atoms with Gasteiger partial charge >= 0.3 is 12.1 Å². The van der Waals surface area contributed by atoms with Gasteiger partial charge in [0.1, 0.15) is 41.6 Å². The molecule has 4 aliphatic rings. The van der Waals surface area contributed by atoms with Gasteiger partial charge in [0.15, 0.2) is 12.6 Å². The van der Waals surface area contributed by atoms with Crippen molar-refractivity contribution < 1.29 is 82.2 Å². The molecule has 0 spiro atoms. The van der Waals surface area contributed by atoms with Crippen LogP contribution < -0.4 is 4.90 Å². The molecule has 0 unspecified atom stereocenters. The number of anilines is 1. The Hall–Kier alpha value is -4.56. The molecule has 446 valence electrons. The second-order valence-corrected chi connectivity index (χ2v) is 23.5. The smallest absolute Gasteiger partial charge is 0.414 e. The summed E-state index contributed by atoms with van der Waals surface area (Å²) in [4.78, 5) is 45.2. The number of likely N-dealkylation sites (N-methyl/N-ethyl adjacent to an activating group) is 1. The van der Waals surface area contributed by atoms with Gasteiger partial charge in [0, 0.05) is 69.2 Å². The third kappa shape index (κ3) is 13.6. The molecule has 4 saturated heterocycles. The average Bonchev–Trinajstić information content (AvgIpc) is 4.05. The Morgan fingerprint density at radius 3 is 2.20 bits per heavy atom. The summed E-state index contributed by atoms with van der Waals surface area (Å²) in [6.07, 6.45) is -9.14. The number of aliphatic hydroxyl groups excluding tert-OH is 4. The SMILES string of the molecule is CC[C@H]1OC(=O)[C@H](C)[C@@H](O[C@H]2C[C@@](C)(OC)[C@@H](O)[C@H](C)O2)[C@H](C)[C@@H](O[C@@H]2O[C@H](C)C[C@H](N(C)CCc3cn(C[C@H]4CN(c5ccc(-c6ccc(CO)cc6)c(F)c5)C(=O)O4)nn3)[C@H]2O)[C@](C)(OC)C[C@@H](C)C(=O)[C@@H](C)[C@@H](O)[C@]1(C)O. The van der Waals surface area contributed by atoms with Gasteiger partial charge < -0.3 is 68.3 Å². The second-order valence-electron chi connectivity index (χ2n) is 23.5. The zero-order valence-corrected chi connectivity index (χ0v) is 48.6. The molecular weight excluding hydrogens is 1040 g/mol. The lowest BCUT2D eigenvalue weighted by atomic mass is 9.74. The number of benzene rings is 2. The molecule has 0 saturated carbocycles. The number of nitrogens with zero attached hydrogens (tertiary/aromatic N) is 5. The minimum Gasteiger partial charge on any atom is -0.459 e. The van der Waals surface area contributed by atoms with Crippen LogP contribution in [0.4, 0.5) is 14.9 Å². The molecule has 7 rings (SSSR count). The maximum absolute atomic E-state index is 15.4. The van der Waals surface area contributed by atoms with E-state index < -0.39 is 132 Å². The molecule has 22 heteroatoms. The van der Waals surface area contributed by atoms with Crippen LogP contribution in [0.3, 0.4) is 0 Å². The van der Waals surface area contributed by atoms with Crippen molar-refractivity contribution in [3.8, 4) is 11.1 Å². The highest BCUT2D eigenvalue weighted by atomic mass is 19.1. The monoisotopic (exact) mass is 1130 g/mol. The summed E-state index contributed by atoms with van der Waals surface area (Å²) in [7, 11) is 4.85. The molecule has 1 aromatic heterocycles. The minimum absolute atomic E-state index is 0.0330. The summed E-state index contributed by atoms with van der Waals surface area (Å²) >= 11 is 0. The summed E-state index contributed by atoms with van der Waals surface area (Å²) in [5.74, 6) is -5.42. The highest BCUT2D eigenvalue weighted by Crippen LogP contribution is 2.42. The summed E-state index contributed by atoms with van der Waals surface area (Å²) in [6, 6.07) is 11.0. The lowest BCUT2D eigenvalue weighted by molar-refractivity contribution is -0.319. The van der Waals surface area contributed by atoms with Crippen LogP contribution in [-0.2, 0) is 67.1 Å². The van der Waals surface area contributed by atoms with Crippen LogP contribution in [0.5, 0.6) is 0 Å². The molecular formula is C58H86FN5O16. The molecule has 5 heterocycles. The second kappa shape index (κ2) is 25.9. The van der Waals surface area contributed by atoms with Gasteiger partial charge in [0.05, 0.1) is 78.7 Å². The number of Topliss-reactive ketones (excluding diaryl/α,β-unsaturated/α-hetero) is 1. The van der Waals surface area contributed by atoms with E-state index in [9.17, 15) is 39.9 Å². The van der Waals surface area contributed by atoms with Crippen molar-refractivity contribution in [1.82, 2.24) is 19.9 Å². The molecule has 19 atom stereocenters. The molecule has 4 fully saturated rings. The standard InChI is InChI=1S/C58H86FN5O16/c1-14-45-58(10,72)50(68)33(4)47(66)31(2)25-57(9,74-13)52(34(5)49(35(6)53(70)78-45)79-46-26-56(8,73-12)51(69)36(7)76-46)80-54-48(67)44(23-32(3)75-54)62(11)22-21-39-27-63(61-60-39)28-41-29-64(55(71)77-41)40-19-20-42(43(59)24-40)38-17-15-37(30-65)16-18-38/h15-20,24,27,31-36,41,44-46,48-52,54,65,67-69,72H,14,21-23,25-26,28-30H2,1-13H3/t31-,32-,33-,34+,35-,36+,41+,44+,45-,46+,48-,49+,50-,51+,52-,54+,56-,57-,58-/m1/s1. The average molecular weight is 1130 g/mol. The van der Waals surface area contributed by atoms with Gasteiger partial charge in [-0.05, 0) is 97.2 Å². The number of methoxy groups -OCH3 is 2. The first-order valence-corrected chi connectivity index (χ1v) is 28.0. The van der Waals surface area contributed by atoms with Gasteiger partial charge in [0.2, 0.25) is 0 Å². The van der Waals surface area contributed by atoms with Crippen molar-refractivity contribution in [3.63, 3.8) is 0 Å². The van der Waals surface area contributed by atoms with Crippen LogP contribution in [-0.4, -0.2) is 188 Å². The number of aromatic nitrogens is 3. The number of rotatable bonds is 16. The lowest BCUT2D eigenvalue weighted by Gasteiger charge is -2.50. The minimum atomic E-state index is -2.03. The van der Waals surface area contributed by atoms with E-state index in [1.54, 1.807) is 88.8 Å². The van der Waals surface area contributed by atoms with E-state index in [1.807, 2.05) is 25.8 Å². The third-order valence-electron chi connectivity index (χ3n) is 17.5. The first-order chi connectivity index (χ1) is 37.7. The van der Waals surface area contributed by atoms with Crippen molar-refractivity contribution in [2.45, 2.75) is 205 Å². The molecule has 1 amide bonds. The Balaban J connectivity index is 1.08. The van der Waals surface area contributed by atoms with Crippen molar-refractivity contribution in [3.05, 3.63) is 65.7 Å². The number of halogens is 1. The fourth-order valence-electron chi connectivity index (χ4n) is 12.2. The largest absolute Gasteiger partial charge is 0.459 e. The van der Waals surface area contributed by atoms with E-state index in [0.29, 0.717) is 47.5 Å². The van der Waals surface area contributed by atoms with Crippen molar-refractivity contribution in [2.75, 3.05) is 39.3 Å². The van der Waals surface area contributed by atoms with Crippen molar-refractivity contribution in [1.29, 1.82) is 0 Å². The number of cyclic esters (lactones) is 2. The molecule has 5 N–H and O–H groups in total. The Labute approximate surface area is 468 Å². The van der Waals surface area contributed by atoms with Crippen LogP contribution in [0.2, 0.25) is 0 Å². The van der Waals surface area contributed by atoms with Crippen molar-refractivity contribution >= 4 is 23.5 Å². The number of ether oxygens (including phenoxy) is 8. The van der Waals surface area contributed by atoms with Crippen LogP contribution in [0.1, 0.15) is 106 Å². The molecule has 80 heavy (non-hydrogen) atoms. The zero-order chi connectivity index (χ0) is 58.8. The topological polar surface area (TPSA) is 263 Å². The van der Waals surface area contributed by atoms with Crippen LogP contribution in [0.25, 0.3) is 11.1 Å². The van der Waals surface area contributed by atoms with Gasteiger partial charge in [-0.2, -0.15) is 0 Å². The van der Waals surface area contributed by atoms with E-state index in [-0.39, 0.29) is 44.7 Å². The number of hydrogen-bond donors (Lipinski definition) is 5. The van der Waals surface area contributed by atoms with E-state index in [1.165, 1.54) is 39.0 Å². The maximum Gasteiger partial charge on any atom is 0.414 e. The van der Waals surface area contributed by atoms with Crippen molar-refractivity contribution in [2.24, 2.45) is 23.7 Å². The molecule has 0 aliphatic carbocycles. The predicted molar refractivity (Wildman–Crippen MR) is 289 cm³/mol. The summed E-state index contributed by atoms with van der Waals surface area (Å²) in [6.45, 7) is 17.5. The van der Waals surface area contributed by atoms with E-state index in [2.05, 4.69) is 10.3 Å². The summed E-state index contributed by atoms with van der Waals surface area (Å²) < 4.78 is 67.4. The summed E-state index contributed by atoms with van der Waals surface area (Å²) in [5.41, 5.74) is -1.80. The fraction of sp³-hybridized carbons (Fsp3) is 0.707. The molecule has 0 bridgehead atoms. The van der Waals surface area contributed by atoms with Gasteiger partial charge in [-0.25, -0.2) is 13.9 Å². The lowest BCUT2D eigenvalue weighted by Crippen LogP contribution is -2.61. The first kappa shape index (κ1) is 63.0. The van der Waals surface area contributed by atoms with Gasteiger partial charge in [-0.15, -0.1) is 5.10 Å². The molecule has 3 aromatic rings. The summed E-state index contributed by atoms with van der Waals surface area (Å²) in [5, 5.41) is 65.0. The number of ketones is 1. The predicted octanol–water partition coefficient (Wildman–Crippen LogP) is 4.97. The zero-order valence-electron chi connectivity index (χ0n) is 48.6. The number of hydrogen-bond acceptors (Lipinski definition) is 19. The van der Waals surface area contributed by atoms with Gasteiger partial charge in [-0.3, -0.25) is 14.5 Å². The quantitative estimate of drug-likeness (QED) is 0.119. The molecule has 4 aliphatic heterocycles. The van der Waals surface area contributed by atoms with Crippen LogP contribution in [0.15, 0.2) is 48.7 Å². The van der Waals surface area contributed by atoms with E-state index in [0.717, 1.165) is 0 Å². The maximum atomic E-state index is 15.4. The Bertz CT molecular complexity index is 2570. The van der Waals surface area contributed by atoms with Crippen LogP contribution in [0, 0.1) is 29.5 Å².